The fraction of sp³-hybridized carbons (Fsp3) is 0.235. The molecule has 10 heteroatoms. The predicted octanol–water partition coefficient (Wildman–Crippen LogP) is 3.32. The second-order valence-corrected chi connectivity index (χ2v) is 8.01. The van der Waals surface area contributed by atoms with E-state index in [0.29, 0.717) is 16.5 Å². The Bertz CT molecular complexity index is 950. The number of carbonyl (C=O) groups excluding carboxylic acids is 1. The van der Waals surface area contributed by atoms with Gasteiger partial charge in [0, 0.05) is 11.8 Å². The summed E-state index contributed by atoms with van der Waals surface area (Å²) < 4.78 is 37.6. The van der Waals surface area contributed by atoms with E-state index in [4.69, 9.17) is 32.7 Å². The van der Waals surface area contributed by atoms with Gasteiger partial charge in [0.2, 0.25) is 15.9 Å². The van der Waals surface area contributed by atoms with Gasteiger partial charge < -0.3 is 14.8 Å². The lowest BCUT2D eigenvalue weighted by atomic mass is 10.3. The van der Waals surface area contributed by atoms with E-state index >= 15 is 0 Å². The number of amides is 1. The van der Waals surface area contributed by atoms with Crippen molar-refractivity contribution in [3.05, 3.63) is 46.4 Å². The topological polar surface area (TPSA) is 93.7 Å². The van der Waals surface area contributed by atoms with Crippen LogP contribution in [0.1, 0.15) is 6.92 Å². The number of hydrogen-bond donors (Lipinski definition) is 2. The van der Waals surface area contributed by atoms with Crippen LogP contribution in [0.4, 0.5) is 5.69 Å². The van der Waals surface area contributed by atoms with Gasteiger partial charge in [-0.2, -0.15) is 4.72 Å². The van der Waals surface area contributed by atoms with Gasteiger partial charge in [-0.25, -0.2) is 8.42 Å². The van der Waals surface area contributed by atoms with Crippen molar-refractivity contribution in [3.8, 4) is 11.5 Å². The molecule has 0 aliphatic carbocycles. The number of methoxy groups -OCH3 is 2. The highest BCUT2D eigenvalue weighted by Gasteiger charge is 2.23. The lowest BCUT2D eigenvalue weighted by Crippen LogP contribution is -2.41. The van der Waals surface area contributed by atoms with Gasteiger partial charge in [0.25, 0.3) is 0 Å². The van der Waals surface area contributed by atoms with E-state index < -0.39 is 22.0 Å². The van der Waals surface area contributed by atoms with Gasteiger partial charge in [-0.15, -0.1) is 0 Å². The molecular formula is C17H18Cl2N2O5S. The molecule has 0 heterocycles. The van der Waals surface area contributed by atoms with Crippen molar-refractivity contribution in [1.82, 2.24) is 4.72 Å². The number of rotatable bonds is 7. The van der Waals surface area contributed by atoms with Crippen molar-refractivity contribution >= 4 is 44.8 Å². The van der Waals surface area contributed by atoms with Crippen LogP contribution in [0.2, 0.25) is 10.0 Å². The molecule has 2 aromatic carbocycles. The van der Waals surface area contributed by atoms with Crippen LogP contribution >= 0.6 is 23.2 Å². The Morgan fingerprint density at radius 2 is 1.67 bits per heavy atom. The molecular weight excluding hydrogens is 415 g/mol. The van der Waals surface area contributed by atoms with Crippen molar-refractivity contribution < 1.29 is 22.7 Å². The van der Waals surface area contributed by atoms with Gasteiger partial charge in [0.15, 0.2) is 11.5 Å². The van der Waals surface area contributed by atoms with E-state index in [2.05, 4.69) is 10.0 Å². The number of ether oxygens (including phenoxy) is 2. The number of carbonyl (C=O) groups is 1. The van der Waals surface area contributed by atoms with E-state index in [9.17, 15) is 13.2 Å². The zero-order chi connectivity index (χ0) is 20.2. The van der Waals surface area contributed by atoms with Crippen LogP contribution in [0.15, 0.2) is 41.3 Å². The minimum Gasteiger partial charge on any atom is -0.493 e. The molecule has 0 fully saturated rings. The number of sulfonamides is 1. The van der Waals surface area contributed by atoms with Crippen molar-refractivity contribution in [2.24, 2.45) is 0 Å². The highest BCUT2D eigenvalue weighted by atomic mass is 35.5. The zero-order valence-electron chi connectivity index (χ0n) is 14.7. The number of hydrogen-bond acceptors (Lipinski definition) is 5. The number of halogens is 2. The molecule has 0 aliphatic heterocycles. The standard InChI is InChI=1S/C17H18Cl2N2O5S/c1-10(17(22)20-11-4-6-13(18)14(19)8-11)21-27(23,24)12-5-7-15(25-2)16(9-12)26-3/h4-10,21H,1-3H3,(H,20,22)/t10-/m0/s1. The first-order valence-corrected chi connectivity index (χ1v) is 9.92. The molecule has 27 heavy (non-hydrogen) atoms. The van der Waals surface area contributed by atoms with Gasteiger partial charge in [-0.05, 0) is 37.3 Å². The van der Waals surface area contributed by atoms with E-state index in [1.165, 1.54) is 51.5 Å². The third-order valence-electron chi connectivity index (χ3n) is 3.58. The van der Waals surface area contributed by atoms with Gasteiger partial charge in [0.1, 0.15) is 0 Å². The minimum atomic E-state index is -3.96. The average Bonchev–Trinajstić information content (AvgIpc) is 2.63. The molecule has 0 aliphatic rings. The van der Waals surface area contributed by atoms with Gasteiger partial charge >= 0.3 is 0 Å². The summed E-state index contributed by atoms with van der Waals surface area (Å²) in [6, 6.07) is 7.64. The first kappa shape index (κ1) is 21.3. The summed E-state index contributed by atoms with van der Waals surface area (Å²) in [5, 5.41) is 3.19. The highest BCUT2D eigenvalue weighted by Crippen LogP contribution is 2.29. The van der Waals surface area contributed by atoms with Crippen LogP contribution < -0.4 is 19.5 Å². The SMILES string of the molecule is COc1ccc(S(=O)(=O)N[C@@H](C)C(=O)Nc2ccc(Cl)c(Cl)c2)cc1OC. The summed E-state index contributed by atoms with van der Waals surface area (Å²) >= 11 is 11.7. The summed E-state index contributed by atoms with van der Waals surface area (Å²) in [4.78, 5) is 12.2. The fourth-order valence-corrected chi connectivity index (χ4v) is 3.68. The number of anilines is 1. The lowest BCUT2D eigenvalue weighted by molar-refractivity contribution is -0.117. The first-order chi connectivity index (χ1) is 12.7. The summed E-state index contributed by atoms with van der Waals surface area (Å²) in [6.45, 7) is 1.42. The maximum absolute atomic E-state index is 12.5. The fourth-order valence-electron chi connectivity index (χ4n) is 2.16. The molecule has 0 aromatic heterocycles. The number of benzene rings is 2. The summed E-state index contributed by atoms with van der Waals surface area (Å²) in [5.74, 6) is 0.0904. The van der Waals surface area contributed by atoms with Gasteiger partial charge in [0.05, 0.1) is 35.2 Å². The second kappa shape index (κ2) is 8.79. The van der Waals surface area contributed by atoms with E-state index in [1.807, 2.05) is 0 Å². The number of nitrogens with one attached hydrogen (secondary N) is 2. The second-order valence-electron chi connectivity index (χ2n) is 5.48. The quantitative estimate of drug-likeness (QED) is 0.699. The molecule has 1 atom stereocenters. The average molecular weight is 433 g/mol. The molecule has 0 bridgehead atoms. The Kier molecular flexibility index (Phi) is 6.94. The van der Waals surface area contributed by atoms with Crippen LogP contribution in [-0.2, 0) is 14.8 Å². The van der Waals surface area contributed by atoms with Crippen molar-refractivity contribution in [1.29, 1.82) is 0 Å². The van der Waals surface area contributed by atoms with Gasteiger partial charge in [-0.3, -0.25) is 4.79 Å². The maximum Gasteiger partial charge on any atom is 0.242 e. The Labute approximate surface area is 167 Å². The van der Waals surface area contributed by atoms with Crippen LogP contribution in [0.25, 0.3) is 0 Å². The lowest BCUT2D eigenvalue weighted by Gasteiger charge is -2.16. The van der Waals surface area contributed by atoms with E-state index in [-0.39, 0.29) is 15.7 Å². The van der Waals surface area contributed by atoms with Crippen LogP contribution in [0.5, 0.6) is 11.5 Å². The smallest absolute Gasteiger partial charge is 0.242 e. The molecule has 0 saturated carbocycles. The van der Waals surface area contributed by atoms with Crippen molar-refractivity contribution in [2.45, 2.75) is 17.9 Å². The molecule has 7 nitrogen and oxygen atoms in total. The molecule has 0 spiro atoms. The molecule has 0 unspecified atom stereocenters. The van der Waals surface area contributed by atoms with E-state index in [1.54, 1.807) is 6.07 Å². The highest BCUT2D eigenvalue weighted by molar-refractivity contribution is 7.89. The molecule has 0 saturated heterocycles. The predicted molar refractivity (Wildman–Crippen MR) is 104 cm³/mol. The molecule has 1 amide bonds. The molecule has 2 rings (SSSR count). The van der Waals surface area contributed by atoms with Crippen LogP contribution in [0, 0.1) is 0 Å². The van der Waals surface area contributed by atoms with Crippen LogP contribution in [0.3, 0.4) is 0 Å². The zero-order valence-corrected chi connectivity index (χ0v) is 17.1. The normalized spacial score (nSPS) is 12.3. The Hall–Kier alpha value is -2.00. The first-order valence-electron chi connectivity index (χ1n) is 7.68. The maximum atomic E-state index is 12.5. The summed E-state index contributed by atoms with van der Waals surface area (Å²) in [7, 11) is -1.12. The largest absolute Gasteiger partial charge is 0.493 e. The molecule has 0 radical (unpaired) electrons. The Balaban J connectivity index is 2.14. The van der Waals surface area contributed by atoms with Crippen molar-refractivity contribution in [3.63, 3.8) is 0 Å². The minimum absolute atomic E-state index is 0.0608. The molecule has 146 valence electrons. The monoisotopic (exact) mass is 432 g/mol. The third-order valence-corrected chi connectivity index (χ3v) is 5.86. The molecule has 2 aromatic rings. The summed E-state index contributed by atoms with van der Waals surface area (Å²) in [5.41, 5.74) is 0.395. The third kappa shape index (κ3) is 5.26. The van der Waals surface area contributed by atoms with Gasteiger partial charge in [-0.1, -0.05) is 23.2 Å². The van der Waals surface area contributed by atoms with E-state index in [0.717, 1.165) is 0 Å². The van der Waals surface area contributed by atoms with Crippen LogP contribution in [-0.4, -0.2) is 34.6 Å². The molecule has 2 N–H and O–H groups in total. The Morgan fingerprint density at radius 1 is 1.00 bits per heavy atom. The van der Waals surface area contributed by atoms with Crippen molar-refractivity contribution in [2.75, 3.05) is 19.5 Å². The summed E-state index contributed by atoms with van der Waals surface area (Å²) in [6.07, 6.45) is 0. The Morgan fingerprint density at radius 3 is 2.26 bits per heavy atom.